The van der Waals surface area contributed by atoms with Crippen LogP contribution in [0.5, 0.6) is 0 Å². The van der Waals surface area contributed by atoms with Gasteiger partial charge >= 0.3 is 5.97 Å². The number of aldehydes is 1. The summed E-state index contributed by atoms with van der Waals surface area (Å²) < 4.78 is 0. The van der Waals surface area contributed by atoms with E-state index >= 15 is 0 Å². The van der Waals surface area contributed by atoms with Crippen molar-refractivity contribution >= 4 is 37.1 Å². The molecule has 0 radical (unpaired) electrons. The average Bonchev–Trinajstić information content (AvgIpc) is 2.71. The number of nitrogens with one attached hydrogen (secondary N) is 2. The zero-order valence-corrected chi connectivity index (χ0v) is 18.2. The lowest BCUT2D eigenvalue weighted by Gasteiger charge is -2.51. The summed E-state index contributed by atoms with van der Waals surface area (Å²) in [6.45, 7) is 7.73. The summed E-state index contributed by atoms with van der Waals surface area (Å²) in [5.41, 5.74) is -0.610. The molecule has 3 aliphatic heterocycles. The normalized spacial score (nSPS) is 25.1. The standard InChI is InChI=1S/C19H34N4O3.2ClH/c24-15-19(6-1-18(25)26,16-2-7-20-8-3-16)23-13-11-22(12-14-23)17-4-9-21-10-5-17;;/h15-17,20-21H,1-14H2,(H,25,26);2*1H. The van der Waals surface area contributed by atoms with Gasteiger partial charge in [-0.1, -0.05) is 0 Å². The van der Waals surface area contributed by atoms with E-state index in [-0.39, 0.29) is 37.2 Å². The maximum atomic E-state index is 12.3. The summed E-state index contributed by atoms with van der Waals surface area (Å²) in [7, 11) is 0. The van der Waals surface area contributed by atoms with Crippen molar-refractivity contribution in [1.82, 2.24) is 20.4 Å². The van der Waals surface area contributed by atoms with Crippen molar-refractivity contribution in [2.75, 3.05) is 52.4 Å². The van der Waals surface area contributed by atoms with E-state index in [9.17, 15) is 14.7 Å². The molecule has 0 spiro atoms. The molecule has 0 aromatic carbocycles. The van der Waals surface area contributed by atoms with Gasteiger partial charge in [0.15, 0.2) is 0 Å². The number of carboxylic acids is 1. The van der Waals surface area contributed by atoms with Crippen LogP contribution in [0.15, 0.2) is 0 Å². The highest BCUT2D eigenvalue weighted by Crippen LogP contribution is 2.35. The Morgan fingerprint density at radius 2 is 1.50 bits per heavy atom. The third kappa shape index (κ3) is 6.03. The van der Waals surface area contributed by atoms with E-state index in [4.69, 9.17) is 0 Å². The van der Waals surface area contributed by atoms with Crippen LogP contribution in [-0.2, 0) is 9.59 Å². The first-order chi connectivity index (χ1) is 12.7. The third-order valence-electron chi connectivity index (χ3n) is 6.72. The average molecular weight is 439 g/mol. The van der Waals surface area contributed by atoms with E-state index in [2.05, 4.69) is 20.4 Å². The molecule has 0 amide bonds. The Bertz CT molecular complexity index is 480. The van der Waals surface area contributed by atoms with Gasteiger partial charge in [-0.25, -0.2) is 0 Å². The molecule has 3 heterocycles. The van der Waals surface area contributed by atoms with Gasteiger partial charge < -0.3 is 20.5 Å². The second kappa shape index (κ2) is 12.3. The van der Waals surface area contributed by atoms with Gasteiger partial charge in [0.25, 0.3) is 0 Å². The molecule has 3 rings (SSSR count). The molecule has 0 aromatic rings. The Labute approximate surface area is 180 Å². The first-order valence-electron chi connectivity index (χ1n) is 10.2. The lowest BCUT2D eigenvalue weighted by Crippen LogP contribution is -2.63. The number of rotatable bonds is 7. The highest BCUT2D eigenvalue weighted by Gasteiger charge is 2.45. The highest BCUT2D eigenvalue weighted by molar-refractivity contribution is 5.85. The number of aliphatic carboxylic acids is 1. The minimum Gasteiger partial charge on any atom is -0.481 e. The molecular formula is C19H36Cl2N4O3. The quantitative estimate of drug-likeness (QED) is 0.511. The van der Waals surface area contributed by atoms with Crippen molar-refractivity contribution < 1.29 is 14.7 Å². The van der Waals surface area contributed by atoms with Crippen molar-refractivity contribution in [2.45, 2.75) is 50.1 Å². The fourth-order valence-electron chi connectivity index (χ4n) is 5.15. The fourth-order valence-corrected chi connectivity index (χ4v) is 5.15. The number of carbonyl (C=O) groups is 2. The van der Waals surface area contributed by atoms with Gasteiger partial charge in [0, 0.05) is 38.6 Å². The zero-order valence-electron chi connectivity index (χ0n) is 16.6. The number of piperidine rings is 2. The second-order valence-electron chi connectivity index (χ2n) is 8.03. The molecule has 9 heteroatoms. The number of nitrogens with zero attached hydrogens (tertiary/aromatic N) is 2. The van der Waals surface area contributed by atoms with Crippen LogP contribution < -0.4 is 10.6 Å². The minimum atomic E-state index is -0.807. The first kappa shape index (κ1) is 25.6. The maximum Gasteiger partial charge on any atom is 0.303 e. The molecule has 28 heavy (non-hydrogen) atoms. The molecular weight excluding hydrogens is 403 g/mol. The SMILES string of the molecule is Cl.Cl.O=CC(CCC(=O)O)(C1CCNCC1)N1CCN(C2CCNCC2)CC1. The molecule has 3 aliphatic rings. The van der Waals surface area contributed by atoms with Crippen LogP contribution in [0.1, 0.15) is 38.5 Å². The van der Waals surface area contributed by atoms with Crippen molar-refractivity contribution in [3.8, 4) is 0 Å². The van der Waals surface area contributed by atoms with Gasteiger partial charge in [0.2, 0.25) is 0 Å². The Balaban J connectivity index is 0.00000196. The van der Waals surface area contributed by atoms with E-state index in [0.717, 1.165) is 71.5 Å². The number of halogens is 2. The van der Waals surface area contributed by atoms with Crippen molar-refractivity contribution in [3.63, 3.8) is 0 Å². The van der Waals surface area contributed by atoms with Gasteiger partial charge in [-0.05, 0) is 64.2 Å². The van der Waals surface area contributed by atoms with Gasteiger partial charge in [-0.2, -0.15) is 0 Å². The van der Waals surface area contributed by atoms with Crippen LogP contribution in [0.2, 0.25) is 0 Å². The van der Waals surface area contributed by atoms with Crippen LogP contribution >= 0.6 is 24.8 Å². The maximum absolute atomic E-state index is 12.3. The van der Waals surface area contributed by atoms with Gasteiger partial charge in [-0.3, -0.25) is 14.6 Å². The highest BCUT2D eigenvalue weighted by atomic mass is 35.5. The molecule has 7 nitrogen and oxygen atoms in total. The molecule has 0 aromatic heterocycles. The molecule has 0 saturated carbocycles. The predicted octanol–water partition coefficient (Wildman–Crippen LogP) is 1.00. The largest absolute Gasteiger partial charge is 0.481 e. The predicted molar refractivity (Wildman–Crippen MR) is 115 cm³/mol. The number of carbonyl (C=O) groups excluding carboxylic acids is 1. The van der Waals surface area contributed by atoms with Crippen LogP contribution in [0.25, 0.3) is 0 Å². The Hall–Kier alpha value is -0.440. The van der Waals surface area contributed by atoms with E-state index in [0.29, 0.717) is 12.5 Å². The summed E-state index contributed by atoms with van der Waals surface area (Å²) in [6.07, 6.45) is 5.89. The molecule has 0 aliphatic carbocycles. The van der Waals surface area contributed by atoms with Crippen LogP contribution in [-0.4, -0.2) is 91.1 Å². The summed E-state index contributed by atoms with van der Waals surface area (Å²) >= 11 is 0. The molecule has 3 fully saturated rings. The lowest BCUT2D eigenvalue weighted by molar-refractivity contribution is -0.139. The van der Waals surface area contributed by atoms with Crippen molar-refractivity contribution in [3.05, 3.63) is 0 Å². The van der Waals surface area contributed by atoms with Gasteiger partial charge in [-0.15, -0.1) is 24.8 Å². The molecule has 1 atom stereocenters. The Kier molecular flexibility index (Phi) is 11.2. The number of carboxylic acid groups (broad SMARTS) is 1. The van der Waals surface area contributed by atoms with Crippen LogP contribution in [0.3, 0.4) is 0 Å². The van der Waals surface area contributed by atoms with Crippen molar-refractivity contribution in [1.29, 1.82) is 0 Å². The molecule has 1 unspecified atom stereocenters. The number of piperazine rings is 1. The van der Waals surface area contributed by atoms with E-state index in [1.54, 1.807) is 0 Å². The summed E-state index contributed by atoms with van der Waals surface area (Å²) in [5, 5.41) is 16.0. The minimum absolute atomic E-state index is 0. The number of hydrogen-bond acceptors (Lipinski definition) is 6. The van der Waals surface area contributed by atoms with E-state index in [1.807, 2.05) is 0 Å². The van der Waals surface area contributed by atoms with Crippen LogP contribution in [0, 0.1) is 5.92 Å². The molecule has 3 N–H and O–H groups in total. The summed E-state index contributed by atoms with van der Waals surface area (Å²) in [4.78, 5) is 28.5. The Morgan fingerprint density at radius 1 is 0.964 bits per heavy atom. The smallest absolute Gasteiger partial charge is 0.303 e. The number of hydrogen-bond donors (Lipinski definition) is 3. The molecule has 3 saturated heterocycles. The lowest BCUT2D eigenvalue weighted by atomic mass is 9.74. The fraction of sp³-hybridized carbons (Fsp3) is 0.895. The molecule has 0 bridgehead atoms. The van der Waals surface area contributed by atoms with Gasteiger partial charge in [0.05, 0.1) is 5.54 Å². The zero-order chi connectivity index (χ0) is 18.4. The Morgan fingerprint density at radius 3 is 2.00 bits per heavy atom. The van der Waals surface area contributed by atoms with Crippen molar-refractivity contribution in [2.24, 2.45) is 5.92 Å². The van der Waals surface area contributed by atoms with E-state index in [1.165, 1.54) is 12.8 Å². The van der Waals surface area contributed by atoms with Crippen LogP contribution in [0.4, 0.5) is 0 Å². The monoisotopic (exact) mass is 438 g/mol. The summed E-state index contributed by atoms with van der Waals surface area (Å²) in [6, 6.07) is 0.655. The van der Waals surface area contributed by atoms with E-state index < -0.39 is 11.5 Å². The first-order valence-corrected chi connectivity index (χ1v) is 10.2. The third-order valence-corrected chi connectivity index (χ3v) is 6.72. The topological polar surface area (TPSA) is 84.9 Å². The molecule has 164 valence electrons. The van der Waals surface area contributed by atoms with Gasteiger partial charge in [0.1, 0.15) is 6.29 Å². The second-order valence-corrected chi connectivity index (χ2v) is 8.03. The summed E-state index contributed by atoms with van der Waals surface area (Å²) in [5.74, 6) is -0.551.